The maximum atomic E-state index is 5.21. The van der Waals surface area contributed by atoms with E-state index in [-0.39, 0.29) is 0 Å². The van der Waals surface area contributed by atoms with E-state index in [1.807, 2.05) is 5.01 Å². The average molecular weight is 184 g/mol. The summed E-state index contributed by atoms with van der Waals surface area (Å²) in [6.45, 7) is 3.20. The van der Waals surface area contributed by atoms with Crippen LogP contribution in [0.2, 0.25) is 0 Å². The fourth-order valence-corrected chi connectivity index (χ4v) is 1.14. The summed E-state index contributed by atoms with van der Waals surface area (Å²) in [4.78, 5) is 0. The lowest BCUT2D eigenvalue weighted by Gasteiger charge is -2.26. The Kier molecular flexibility index (Phi) is 2.37. The molecule has 0 saturated carbocycles. The highest BCUT2D eigenvalue weighted by Crippen LogP contribution is 2.01. The molecule has 0 unspecified atom stereocenters. The first-order valence-corrected chi connectivity index (χ1v) is 4.18. The van der Waals surface area contributed by atoms with Crippen LogP contribution in [0.5, 0.6) is 0 Å². The molecule has 7 heteroatoms. The first kappa shape index (κ1) is 8.39. The van der Waals surface area contributed by atoms with Gasteiger partial charge in [0.25, 0.3) is 5.95 Å². The Balaban J connectivity index is 1.93. The predicted molar refractivity (Wildman–Crippen MR) is 44.8 cm³/mol. The van der Waals surface area contributed by atoms with Gasteiger partial charge in [0.2, 0.25) is 0 Å². The standard InChI is InChI=1S/C6H12N6O/c1-11-6(7-9-10-11)8-12-2-4-13-5-3-12/h2-5H2,1H3,(H,7,8,10). The number of tetrazole rings is 1. The smallest absolute Gasteiger partial charge is 0.257 e. The molecule has 0 bridgehead atoms. The summed E-state index contributed by atoms with van der Waals surface area (Å²) in [5.74, 6) is 0.655. The highest BCUT2D eigenvalue weighted by molar-refractivity contribution is 5.18. The third-order valence-corrected chi connectivity index (χ3v) is 1.89. The molecule has 2 rings (SSSR count). The number of aromatic nitrogens is 4. The normalized spacial score (nSPS) is 18.8. The average Bonchev–Trinajstić information content (AvgIpc) is 2.54. The summed E-state index contributed by atoms with van der Waals surface area (Å²) >= 11 is 0. The lowest BCUT2D eigenvalue weighted by molar-refractivity contribution is 0.0491. The molecule has 7 nitrogen and oxygen atoms in total. The number of hydrogen-bond donors (Lipinski definition) is 1. The quantitative estimate of drug-likeness (QED) is 0.627. The Morgan fingerprint density at radius 2 is 2.15 bits per heavy atom. The second-order valence-corrected chi connectivity index (χ2v) is 2.84. The molecule has 1 aliphatic rings. The van der Waals surface area contributed by atoms with Crippen LogP contribution >= 0.6 is 0 Å². The molecule has 2 heterocycles. The third kappa shape index (κ3) is 1.93. The van der Waals surface area contributed by atoms with Crippen molar-refractivity contribution in [2.24, 2.45) is 7.05 Å². The number of aryl methyl sites for hydroxylation is 1. The van der Waals surface area contributed by atoms with Crippen molar-refractivity contribution in [2.45, 2.75) is 0 Å². The molecule has 1 saturated heterocycles. The molecule has 0 aliphatic carbocycles. The van der Waals surface area contributed by atoms with Crippen molar-refractivity contribution in [1.82, 2.24) is 25.2 Å². The van der Waals surface area contributed by atoms with Gasteiger partial charge in [0.15, 0.2) is 0 Å². The Morgan fingerprint density at radius 3 is 2.77 bits per heavy atom. The number of morpholine rings is 1. The summed E-state index contributed by atoms with van der Waals surface area (Å²) in [6, 6.07) is 0. The molecular formula is C6H12N6O. The fourth-order valence-electron chi connectivity index (χ4n) is 1.14. The topological polar surface area (TPSA) is 68.1 Å². The Hall–Kier alpha value is -1.21. The molecule has 1 aromatic rings. The minimum absolute atomic E-state index is 0.655. The van der Waals surface area contributed by atoms with Crippen molar-refractivity contribution in [3.63, 3.8) is 0 Å². The first-order valence-electron chi connectivity index (χ1n) is 4.18. The number of anilines is 1. The van der Waals surface area contributed by atoms with Crippen LogP contribution in [-0.4, -0.2) is 51.5 Å². The van der Waals surface area contributed by atoms with Crippen LogP contribution < -0.4 is 5.43 Å². The van der Waals surface area contributed by atoms with Gasteiger partial charge in [0.05, 0.1) is 13.2 Å². The highest BCUT2D eigenvalue weighted by atomic mass is 16.5. The summed E-state index contributed by atoms with van der Waals surface area (Å²) in [5.41, 5.74) is 3.11. The van der Waals surface area contributed by atoms with Crippen molar-refractivity contribution < 1.29 is 4.74 Å². The number of nitrogens with one attached hydrogen (secondary N) is 1. The molecule has 1 aromatic heterocycles. The zero-order chi connectivity index (χ0) is 9.10. The van der Waals surface area contributed by atoms with Crippen LogP contribution in [0.1, 0.15) is 0 Å². The minimum atomic E-state index is 0.655. The summed E-state index contributed by atoms with van der Waals surface area (Å²) in [5, 5.41) is 13.1. The van der Waals surface area contributed by atoms with Gasteiger partial charge in [0.1, 0.15) is 0 Å². The van der Waals surface area contributed by atoms with Crippen molar-refractivity contribution in [2.75, 3.05) is 31.7 Å². The van der Waals surface area contributed by atoms with Crippen LogP contribution in [0.4, 0.5) is 5.95 Å². The zero-order valence-corrected chi connectivity index (χ0v) is 7.47. The Bertz CT molecular complexity index is 268. The van der Waals surface area contributed by atoms with Gasteiger partial charge in [-0.2, -0.15) is 0 Å². The first-order chi connectivity index (χ1) is 6.36. The van der Waals surface area contributed by atoms with Crippen LogP contribution in [0.3, 0.4) is 0 Å². The van der Waals surface area contributed by atoms with Crippen LogP contribution in [0.15, 0.2) is 0 Å². The van der Waals surface area contributed by atoms with Crippen molar-refractivity contribution in [1.29, 1.82) is 0 Å². The number of nitrogens with zero attached hydrogens (tertiary/aromatic N) is 5. The van der Waals surface area contributed by atoms with Crippen molar-refractivity contribution in [3.05, 3.63) is 0 Å². The molecule has 13 heavy (non-hydrogen) atoms. The van der Waals surface area contributed by atoms with E-state index in [2.05, 4.69) is 21.0 Å². The van der Waals surface area contributed by atoms with Crippen LogP contribution in [-0.2, 0) is 11.8 Å². The number of ether oxygens (including phenoxy) is 1. The molecule has 0 amide bonds. The van der Waals surface area contributed by atoms with Crippen LogP contribution in [0.25, 0.3) is 0 Å². The Morgan fingerprint density at radius 1 is 1.38 bits per heavy atom. The number of hydrazine groups is 1. The second kappa shape index (κ2) is 3.67. The molecule has 72 valence electrons. The van der Waals surface area contributed by atoms with E-state index in [0.29, 0.717) is 5.95 Å². The van der Waals surface area contributed by atoms with E-state index < -0.39 is 0 Å². The van der Waals surface area contributed by atoms with Gasteiger partial charge >= 0.3 is 0 Å². The van der Waals surface area contributed by atoms with Crippen molar-refractivity contribution >= 4 is 5.95 Å². The van der Waals surface area contributed by atoms with E-state index >= 15 is 0 Å². The maximum Gasteiger partial charge on any atom is 0.257 e. The summed E-state index contributed by atoms with van der Waals surface area (Å²) in [7, 11) is 1.79. The van der Waals surface area contributed by atoms with Crippen LogP contribution in [0, 0.1) is 0 Å². The third-order valence-electron chi connectivity index (χ3n) is 1.89. The van der Waals surface area contributed by atoms with E-state index in [1.165, 1.54) is 0 Å². The molecule has 1 aliphatic heterocycles. The van der Waals surface area contributed by atoms with Gasteiger partial charge < -0.3 is 4.74 Å². The predicted octanol–water partition coefficient (Wildman–Crippen LogP) is -1.13. The second-order valence-electron chi connectivity index (χ2n) is 2.84. The molecule has 0 aromatic carbocycles. The number of rotatable bonds is 2. The van der Waals surface area contributed by atoms with Gasteiger partial charge in [-0.15, -0.1) is 0 Å². The SMILES string of the molecule is Cn1nnnc1NN1CCOCC1. The summed E-state index contributed by atoms with van der Waals surface area (Å²) in [6.07, 6.45) is 0. The van der Waals surface area contributed by atoms with Gasteiger partial charge in [-0.3, -0.25) is 5.43 Å². The van der Waals surface area contributed by atoms with Crippen molar-refractivity contribution in [3.8, 4) is 0 Å². The maximum absolute atomic E-state index is 5.21. The molecular weight excluding hydrogens is 172 g/mol. The van der Waals surface area contributed by atoms with E-state index in [4.69, 9.17) is 4.74 Å². The van der Waals surface area contributed by atoms with E-state index in [9.17, 15) is 0 Å². The van der Waals surface area contributed by atoms with Gasteiger partial charge in [-0.25, -0.2) is 9.69 Å². The zero-order valence-electron chi connectivity index (χ0n) is 7.47. The molecule has 1 fully saturated rings. The van der Waals surface area contributed by atoms with Gasteiger partial charge in [-0.1, -0.05) is 5.10 Å². The lowest BCUT2D eigenvalue weighted by Crippen LogP contribution is -2.40. The largest absolute Gasteiger partial charge is 0.379 e. The molecule has 1 N–H and O–H groups in total. The van der Waals surface area contributed by atoms with Gasteiger partial charge in [0, 0.05) is 20.1 Å². The Labute approximate surface area is 75.6 Å². The monoisotopic (exact) mass is 184 g/mol. The fraction of sp³-hybridized carbons (Fsp3) is 0.833. The minimum Gasteiger partial charge on any atom is -0.379 e. The van der Waals surface area contributed by atoms with E-state index in [0.717, 1.165) is 26.3 Å². The highest BCUT2D eigenvalue weighted by Gasteiger charge is 2.12. The lowest BCUT2D eigenvalue weighted by atomic mass is 10.5. The van der Waals surface area contributed by atoms with E-state index in [1.54, 1.807) is 11.7 Å². The molecule has 0 atom stereocenters. The number of hydrogen-bond acceptors (Lipinski definition) is 6. The molecule has 0 spiro atoms. The van der Waals surface area contributed by atoms with Gasteiger partial charge in [-0.05, 0) is 10.4 Å². The molecule has 0 radical (unpaired) electrons. The summed E-state index contributed by atoms with van der Waals surface area (Å²) < 4.78 is 6.80.